The lowest BCUT2D eigenvalue weighted by atomic mass is 10.3. The maximum Gasteiger partial charge on any atom is 0.331 e. The molecule has 0 aliphatic rings. The summed E-state index contributed by atoms with van der Waals surface area (Å²) in [5.41, 5.74) is 0.660. The summed E-state index contributed by atoms with van der Waals surface area (Å²) in [5, 5.41) is 4.34. The van der Waals surface area contributed by atoms with E-state index >= 15 is 0 Å². The smallest absolute Gasteiger partial charge is 0.303 e. The Morgan fingerprint density at radius 1 is 1.35 bits per heavy atom. The minimum absolute atomic E-state index is 0.159. The van der Waals surface area contributed by atoms with Crippen molar-refractivity contribution in [2.45, 2.75) is 6.54 Å². The summed E-state index contributed by atoms with van der Waals surface area (Å²) < 4.78 is 4.06. The quantitative estimate of drug-likeness (QED) is 0.680. The number of nitrogens with zero attached hydrogens (tertiary/aromatic N) is 5. The van der Waals surface area contributed by atoms with Gasteiger partial charge in [-0.2, -0.15) is 5.10 Å². The molecule has 0 aromatic carbocycles. The fourth-order valence-electron chi connectivity index (χ4n) is 1.98. The molecule has 0 amide bonds. The van der Waals surface area contributed by atoms with Gasteiger partial charge in [-0.25, -0.2) is 14.3 Å². The zero-order valence-electron chi connectivity index (χ0n) is 10.5. The van der Waals surface area contributed by atoms with Gasteiger partial charge in [0.1, 0.15) is 11.8 Å². The molecular formula is C12H10ClN5O2. The van der Waals surface area contributed by atoms with Gasteiger partial charge in [-0.15, -0.1) is 0 Å². The molecule has 3 heterocycles. The molecule has 0 atom stereocenters. The van der Waals surface area contributed by atoms with Crippen LogP contribution in [0, 0.1) is 0 Å². The zero-order valence-corrected chi connectivity index (χ0v) is 11.3. The molecule has 102 valence electrons. The Morgan fingerprint density at radius 2 is 2.15 bits per heavy atom. The molecule has 0 fully saturated rings. The van der Waals surface area contributed by atoms with E-state index in [4.69, 9.17) is 11.6 Å². The van der Waals surface area contributed by atoms with E-state index in [1.807, 2.05) is 0 Å². The maximum absolute atomic E-state index is 11.9. The van der Waals surface area contributed by atoms with Crippen molar-refractivity contribution in [3.8, 4) is 0 Å². The van der Waals surface area contributed by atoms with E-state index in [9.17, 15) is 9.59 Å². The molecule has 0 aliphatic heterocycles. The van der Waals surface area contributed by atoms with Gasteiger partial charge in [-0.05, 0) is 11.6 Å². The Morgan fingerprint density at radius 3 is 2.90 bits per heavy atom. The Labute approximate surface area is 117 Å². The highest BCUT2D eigenvalue weighted by Gasteiger charge is 2.08. The third kappa shape index (κ3) is 2.01. The van der Waals surface area contributed by atoms with Crippen molar-refractivity contribution in [3.63, 3.8) is 0 Å². The standard InChI is InChI=1S/C12H10ClN5O2/c1-16-3-2-10(19)17(12(16)20)5-8-4-9-11(13)14-7-15-18(9)6-8/h2-4,6-7H,5H2,1H3. The molecule has 0 unspecified atom stereocenters. The predicted octanol–water partition coefficient (Wildman–Crippen LogP) is 0.291. The predicted molar refractivity (Wildman–Crippen MR) is 73.0 cm³/mol. The summed E-state index contributed by atoms with van der Waals surface area (Å²) in [6.07, 6.45) is 4.49. The van der Waals surface area contributed by atoms with Gasteiger partial charge in [0, 0.05) is 25.5 Å². The summed E-state index contributed by atoms with van der Waals surface area (Å²) in [6.45, 7) is 0.159. The molecule has 20 heavy (non-hydrogen) atoms. The Hall–Kier alpha value is -2.41. The molecule has 3 aromatic rings. The zero-order chi connectivity index (χ0) is 14.3. The van der Waals surface area contributed by atoms with Crippen LogP contribution >= 0.6 is 11.6 Å². The summed E-state index contributed by atoms with van der Waals surface area (Å²) in [5.74, 6) is 0. The van der Waals surface area contributed by atoms with Crippen LogP contribution in [-0.2, 0) is 13.6 Å². The number of fused-ring (bicyclic) bond motifs is 1. The van der Waals surface area contributed by atoms with E-state index in [2.05, 4.69) is 10.1 Å². The van der Waals surface area contributed by atoms with E-state index in [1.54, 1.807) is 23.8 Å². The number of aromatic nitrogens is 5. The lowest BCUT2D eigenvalue weighted by Gasteiger charge is -2.04. The lowest BCUT2D eigenvalue weighted by Crippen LogP contribution is -2.38. The van der Waals surface area contributed by atoms with Gasteiger partial charge in [0.05, 0.1) is 6.54 Å². The van der Waals surface area contributed by atoms with E-state index in [0.717, 1.165) is 10.1 Å². The SMILES string of the molecule is Cn1ccc(=O)n(Cc2cc3c(Cl)ncnn3c2)c1=O. The van der Waals surface area contributed by atoms with Crippen LogP contribution in [0.3, 0.4) is 0 Å². The van der Waals surface area contributed by atoms with Crippen molar-refractivity contribution in [1.82, 2.24) is 23.7 Å². The fourth-order valence-corrected chi connectivity index (χ4v) is 2.17. The van der Waals surface area contributed by atoms with Gasteiger partial charge in [0.2, 0.25) is 0 Å². The number of halogens is 1. The first-order valence-corrected chi connectivity index (χ1v) is 6.18. The van der Waals surface area contributed by atoms with Crippen LogP contribution in [0.1, 0.15) is 5.56 Å². The van der Waals surface area contributed by atoms with Crippen molar-refractivity contribution in [2.75, 3.05) is 0 Å². The van der Waals surface area contributed by atoms with Crippen LogP contribution < -0.4 is 11.2 Å². The Bertz CT molecular complexity index is 908. The first-order valence-electron chi connectivity index (χ1n) is 5.80. The third-order valence-corrected chi connectivity index (χ3v) is 3.29. The monoisotopic (exact) mass is 291 g/mol. The summed E-state index contributed by atoms with van der Waals surface area (Å²) in [6, 6.07) is 3.10. The van der Waals surface area contributed by atoms with Crippen LogP contribution in [0.2, 0.25) is 5.15 Å². The Kier molecular flexibility index (Phi) is 2.90. The topological polar surface area (TPSA) is 74.2 Å². The van der Waals surface area contributed by atoms with Crippen molar-refractivity contribution in [3.05, 3.63) is 62.4 Å². The summed E-state index contributed by atoms with van der Waals surface area (Å²) in [7, 11) is 1.59. The molecule has 3 aromatic heterocycles. The van der Waals surface area contributed by atoms with E-state index in [0.29, 0.717) is 10.7 Å². The van der Waals surface area contributed by atoms with Gasteiger partial charge in [0.15, 0.2) is 5.15 Å². The lowest BCUT2D eigenvalue weighted by molar-refractivity contribution is 0.639. The highest BCUT2D eigenvalue weighted by atomic mass is 35.5. The van der Waals surface area contributed by atoms with Crippen LogP contribution in [0.25, 0.3) is 5.52 Å². The number of hydrogen-bond donors (Lipinski definition) is 0. The van der Waals surface area contributed by atoms with E-state index in [-0.39, 0.29) is 17.8 Å². The van der Waals surface area contributed by atoms with Crippen LogP contribution in [0.15, 0.2) is 40.4 Å². The third-order valence-electron chi connectivity index (χ3n) is 3.00. The van der Waals surface area contributed by atoms with Crippen molar-refractivity contribution < 1.29 is 0 Å². The average molecular weight is 292 g/mol. The number of hydrogen-bond acceptors (Lipinski definition) is 4. The summed E-state index contributed by atoms with van der Waals surface area (Å²) in [4.78, 5) is 27.6. The Balaban J connectivity index is 2.11. The normalized spacial score (nSPS) is 11.1. The first kappa shape index (κ1) is 12.6. The largest absolute Gasteiger partial charge is 0.331 e. The van der Waals surface area contributed by atoms with Crippen LogP contribution in [-0.4, -0.2) is 23.7 Å². The maximum atomic E-state index is 11.9. The van der Waals surface area contributed by atoms with Crippen LogP contribution in [0.5, 0.6) is 0 Å². The van der Waals surface area contributed by atoms with Crippen molar-refractivity contribution >= 4 is 17.1 Å². The van der Waals surface area contributed by atoms with E-state index in [1.165, 1.54) is 23.2 Å². The fraction of sp³-hybridized carbons (Fsp3) is 0.167. The highest BCUT2D eigenvalue weighted by molar-refractivity contribution is 6.32. The molecule has 7 nitrogen and oxygen atoms in total. The highest BCUT2D eigenvalue weighted by Crippen LogP contribution is 2.16. The second-order valence-corrected chi connectivity index (χ2v) is 4.72. The number of aryl methyl sites for hydroxylation is 1. The van der Waals surface area contributed by atoms with Gasteiger partial charge < -0.3 is 4.57 Å². The van der Waals surface area contributed by atoms with Crippen LogP contribution in [0.4, 0.5) is 0 Å². The molecule has 0 spiro atoms. The molecule has 0 radical (unpaired) electrons. The second-order valence-electron chi connectivity index (χ2n) is 4.36. The van der Waals surface area contributed by atoms with Gasteiger partial charge in [0.25, 0.3) is 5.56 Å². The second kappa shape index (κ2) is 4.61. The molecule has 0 saturated carbocycles. The molecule has 0 bridgehead atoms. The van der Waals surface area contributed by atoms with Gasteiger partial charge >= 0.3 is 5.69 Å². The molecule has 0 saturated heterocycles. The van der Waals surface area contributed by atoms with Crippen molar-refractivity contribution in [2.24, 2.45) is 7.05 Å². The molecule has 0 aliphatic carbocycles. The van der Waals surface area contributed by atoms with Gasteiger partial charge in [-0.1, -0.05) is 11.6 Å². The van der Waals surface area contributed by atoms with Gasteiger partial charge in [-0.3, -0.25) is 9.36 Å². The molecule has 3 rings (SSSR count). The number of rotatable bonds is 2. The minimum atomic E-state index is -0.370. The minimum Gasteiger partial charge on any atom is -0.303 e. The van der Waals surface area contributed by atoms with Crippen molar-refractivity contribution in [1.29, 1.82) is 0 Å². The summed E-state index contributed by atoms with van der Waals surface area (Å²) >= 11 is 5.95. The average Bonchev–Trinajstić information content (AvgIpc) is 2.83. The van der Waals surface area contributed by atoms with E-state index < -0.39 is 0 Å². The molecule has 8 heteroatoms. The molecule has 0 N–H and O–H groups in total. The molecular weight excluding hydrogens is 282 g/mol. The first-order chi connectivity index (χ1) is 9.56.